The minimum Gasteiger partial charge on any atom is -0.311 e. The monoisotopic (exact) mass is 797 g/mol. The van der Waals surface area contributed by atoms with Crippen LogP contribution in [0, 0.1) is 6.92 Å². The third-order valence-corrected chi connectivity index (χ3v) is 12.7. The van der Waals surface area contributed by atoms with Gasteiger partial charge >= 0.3 is 0 Å². The molecule has 0 aromatic heterocycles. The van der Waals surface area contributed by atoms with Crippen molar-refractivity contribution in [1.29, 1.82) is 0 Å². The van der Waals surface area contributed by atoms with Crippen molar-refractivity contribution in [1.82, 2.24) is 0 Å². The number of hydrogen-bond donors (Lipinski definition) is 0. The van der Waals surface area contributed by atoms with Crippen LogP contribution in [0.3, 0.4) is 0 Å². The summed E-state index contributed by atoms with van der Waals surface area (Å²) in [5.74, 6) is 0.248. The highest BCUT2D eigenvalue weighted by molar-refractivity contribution is 6.09. The molecular weight excluding hydrogens is 751 g/mol. The Hall–Kier alpha value is -7.55. The number of carbonyl (C=O) groups is 1. The summed E-state index contributed by atoms with van der Waals surface area (Å²) in [6.07, 6.45) is 1.98. The van der Waals surface area contributed by atoms with E-state index in [-0.39, 0.29) is 11.7 Å². The van der Waals surface area contributed by atoms with Crippen LogP contribution < -0.4 is 4.90 Å². The van der Waals surface area contributed by atoms with E-state index in [4.69, 9.17) is 0 Å². The number of fused-ring (bicyclic) bond motifs is 3. The summed E-state index contributed by atoms with van der Waals surface area (Å²) in [7, 11) is 0. The molecule has 0 N–H and O–H groups in total. The topological polar surface area (TPSA) is 20.3 Å². The lowest BCUT2D eigenvalue weighted by atomic mass is 9.67. The molecular formula is C60H47NO. The number of rotatable bonds is 12. The third-order valence-electron chi connectivity index (χ3n) is 12.7. The quantitative estimate of drug-likeness (QED) is 0.115. The molecule has 0 fully saturated rings. The van der Waals surface area contributed by atoms with Gasteiger partial charge in [0, 0.05) is 34.1 Å². The van der Waals surface area contributed by atoms with Gasteiger partial charge in [0.05, 0.1) is 5.41 Å². The number of para-hydroxylation sites is 2. The Morgan fingerprint density at radius 1 is 0.452 bits per heavy atom. The maximum absolute atomic E-state index is 14.3. The molecule has 9 aromatic carbocycles. The first-order valence-electron chi connectivity index (χ1n) is 21.6. The van der Waals surface area contributed by atoms with Crippen LogP contribution >= 0.6 is 0 Å². The number of hydrogen-bond acceptors (Lipinski definition) is 2. The summed E-state index contributed by atoms with van der Waals surface area (Å²) in [4.78, 5) is 16.6. The van der Waals surface area contributed by atoms with Gasteiger partial charge in [-0.05, 0) is 112 Å². The summed E-state index contributed by atoms with van der Waals surface area (Å²) >= 11 is 0. The Bertz CT molecular complexity index is 2900. The smallest absolute Gasteiger partial charge is 0.193 e. The lowest BCUT2D eigenvalue weighted by Gasteiger charge is -2.35. The number of ketones is 1. The minimum atomic E-state index is -0.705. The number of benzene rings is 9. The summed E-state index contributed by atoms with van der Waals surface area (Å²) in [5, 5.41) is 0. The van der Waals surface area contributed by atoms with E-state index in [0.717, 1.165) is 57.7 Å². The molecule has 0 saturated heterocycles. The maximum Gasteiger partial charge on any atom is 0.193 e. The van der Waals surface area contributed by atoms with Gasteiger partial charge in [-0.1, -0.05) is 200 Å². The molecule has 0 spiro atoms. The highest BCUT2D eigenvalue weighted by Gasteiger charge is 2.46. The molecule has 0 aliphatic heterocycles. The molecule has 2 unspecified atom stereocenters. The molecule has 9 aromatic rings. The van der Waals surface area contributed by atoms with Crippen molar-refractivity contribution in [2.45, 2.75) is 31.1 Å². The minimum absolute atomic E-state index is 0.0221. The van der Waals surface area contributed by atoms with Crippen LogP contribution in [0.25, 0.3) is 11.1 Å². The van der Waals surface area contributed by atoms with E-state index in [1.807, 2.05) is 30.3 Å². The van der Waals surface area contributed by atoms with Crippen molar-refractivity contribution in [2.24, 2.45) is 0 Å². The third kappa shape index (κ3) is 7.14. The lowest BCUT2D eigenvalue weighted by molar-refractivity contribution is 0.103. The first kappa shape index (κ1) is 38.6. The Labute approximate surface area is 365 Å². The van der Waals surface area contributed by atoms with Crippen molar-refractivity contribution < 1.29 is 4.79 Å². The zero-order chi connectivity index (χ0) is 41.9. The molecule has 62 heavy (non-hydrogen) atoms. The second-order valence-electron chi connectivity index (χ2n) is 16.4. The Morgan fingerprint density at radius 3 is 1.56 bits per heavy atom. The normalized spacial score (nSPS) is 14.4. The van der Waals surface area contributed by atoms with Crippen LogP contribution in [0.1, 0.15) is 72.8 Å². The van der Waals surface area contributed by atoms with E-state index < -0.39 is 5.41 Å². The van der Waals surface area contributed by atoms with Crippen molar-refractivity contribution >= 4 is 22.8 Å². The molecule has 2 atom stereocenters. The van der Waals surface area contributed by atoms with Gasteiger partial charge in [0.15, 0.2) is 5.78 Å². The lowest BCUT2D eigenvalue weighted by Crippen LogP contribution is -2.29. The molecule has 0 saturated carbocycles. The van der Waals surface area contributed by atoms with E-state index in [9.17, 15) is 4.79 Å². The van der Waals surface area contributed by atoms with Crippen LogP contribution in [-0.2, 0) is 11.8 Å². The van der Waals surface area contributed by atoms with Crippen molar-refractivity contribution in [3.8, 4) is 11.1 Å². The molecule has 0 radical (unpaired) electrons. The van der Waals surface area contributed by atoms with Crippen LogP contribution in [0.2, 0.25) is 0 Å². The second kappa shape index (κ2) is 16.8. The van der Waals surface area contributed by atoms with E-state index >= 15 is 0 Å². The predicted octanol–water partition coefficient (Wildman–Crippen LogP) is 14.8. The molecule has 1 aliphatic rings. The highest BCUT2D eigenvalue weighted by atomic mass is 16.1. The summed E-state index contributed by atoms with van der Waals surface area (Å²) in [6.45, 7) is 2.05. The molecule has 0 bridgehead atoms. The van der Waals surface area contributed by atoms with E-state index in [1.165, 1.54) is 27.8 Å². The van der Waals surface area contributed by atoms with Crippen LogP contribution in [0.15, 0.2) is 237 Å². The molecule has 0 amide bonds. The van der Waals surface area contributed by atoms with E-state index in [2.05, 4.69) is 218 Å². The molecule has 298 valence electrons. The molecule has 2 heteroatoms. The van der Waals surface area contributed by atoms with Gasteiger partial charge in [-0.2, -0.15) is 0 Å². The highest BCUT2D eigenvalue weighted by Crippen LogP contribution is 2.57. The first-order chi connectivity index (χ1) is 30.6. The average Bonchev–Trinajstić information content (AvgIpc) is 3.64. The largest absolute Gasteiger partial charge is 0.311 e. The van der Waals surface area contributed by atoms with Gasteiger partial charge in [0.25, 0.3) is 0 Å². The maximum atomic E-state index is 14.3. The SMILES string of the molecule is Cc1ccc(C(=O)c2ccc3c(c2)C(c2ccc(C(CCc4ccccc4)c4ccccc4)cc2)(c2ccc(N(c4ccccc4)c4ccccc4)cc2)c2ccccc2-3)cc1. The zero-order valence-corrected chi connectivity index (χ0v) is 34.9. The van der Waals surface area contributed by atoms with Gasteiger partial charge in [-0.15, -0.1) is 0 Å². The Balaban J connectivity index is 1.15. The van der Waals surface area contributed by atoms with Gasteiger partial charge in [0.1, 0.15) is 0 Å². The number of anilines is 3. The number of carbonyl (C=O) groups excluding carboxylic acids is 1. The van der Waals surface area contributed by atoms with Gasteiger partial charge < -0.3 is 4.90 Å². The van der Waals surface area contributed by atoms with E-state index in [1.54, 1.807) is 0 Å². The molecule has 0 heterocycles. The molecule has 2 nitrogen and oxygen atoms in total. The molecule has 10 rings (SSSR count). The second-order valence-corrected chi connectivity index (χ2v) is 16.4. The fraction of sp³-hybridized carbons (Fsp3) is 0.0833. The fourth-order valence-electron chi connectivity index (χ4n) is 9.68. The standard InChI is InChI=1S/C60H47NO/c1-43-26-29-47(30-27-43)59(62)48-33-41-56-55-24-14-15-25-57(55)60(58(56)42-48,50-36-38-53(39-37-50)61(51-20-10-4-11-21-51)52-22-12-5-13-23-52)49-34-31-46(32-35-49)54(45-18-8-3-9-19-45)40-28-44-16-6-2-7-17-44/h2-27,29-39,41-42,54H,28,40H2,1H3. The fourth-order valence-corrected chi connectivity index (χ4v) is 9.68. The van der Waals surface area contributed by atoms with Gasteiger partial charge in [-0.3, -0.25) is 4.79 Å². The zero-order valence-electron chi connectivity index (χ0n) is 34.9. The number of nitrogens with zero attached hydrogens (tertiary/aromatic N) is 1. The summed E-state index contributed by atoms with van der Waals surface area (Å²) in [5.41, 5.74) is 16.0. The molecule has 1 aliphatic carbocycles. The van der Waals surface area contributed by atoms with Crippen molar-refractivity contribution in [3.05, 3.63) is 292 Å². The van der Waals surface area contributed by atoms with Gasteiger partial charge in [0.2, 0.25) is 0 Å². The van der Waals surface area contributed by atoms with Crippen LogP contribution in [0.5, 0.6) is 0 Å². The average molecular weight is 798 g/mol. The van der Waals surface area contributed by atoms with Crippen molar-refractivity contribution in [2.75, 3.05) is 4.90 Å². The van der Waals surface area contributed by atoms with Crippen LogP contribution in [-0.4, -0.2) is 5.78 Å². The van der Waals surface area contributed by atoms with Crippen LogP contribution in [0.4, 0.5) is 17.1 Å². The Kier molecular flexibility index (Phi) is 10.5. The van der Waals surface area contributed by atoms with Gasteiger partial charge in [-0.25, -0.2) is 0 Å². The summed E-state index contributed by atoms with van der Waals surface area (Å²) < 4.78 is 0. The Morgan fingerprint density at radius 2 is 0.935 bits per heavy atom. The van der Waals surface area contributed by atoms with E-state index in [0.29, 0.717) is 11.1 Å². The van der Waals surface area contributed by atoms with Crippen molar-refractivity contribution in [3.63, 3.8) is 0 Å². The summed E-state index contributed by atoms with van der Waals surface area (Å²) in [6, 6.07) is 84.4. The number of aryl methyl sites for hydroxylation is 2. The first-order valence-corrected chi connectivity index (χ1v) is 21.6. The predicted molar refractivity (Wildman–Crippen MR) is 256 cm³/mol.